The molecule has 0 amide bonds. The second kappa shape index (κ2) is 6.39. The van der Waals surface area contributed by atoms with E-state index in [-0.39, 0.29) is 5.38 Å². The van der Waals surface area contributed by atoms with Gasteiger partial charge in [0.2, 0.25) is 0 Å². The van der Waals surface area contributed by atoms with Crippen molar-refractivity contribution in [1.82, 2.24) is 4.37 Å². The van der Waals surface area contributed by atoms with E-state index in [2.05, 4.69) is 29.6 Å². The van der Waals surface area contributed by atoms with Crippen molar-refractivity contribution >= 4 is 39.0 Å². The molecule has 1 N–H and O–H groups in total. The summed E-state index contributed by atoms with van der Waals surface area (Å²) in [6.45, 7) is 5.21. The minimum Gasteiger partial charge on any atom is -0.374 e. The van der Waals surface area contributed by atoms with Gasteiger partial charge in [-0.15, -0.1) is 11.6 Å². The molecule has 1 aromatic heterocycles. The molecule has 1 atom stereocenters. The van der Waals surface area contributed by atoms with Gasteiger partial charge < -0.3 is 5.32 Å². The van der Waals surface area contributed by atoms with Crippen LogP contribution in [0, 0.1) is 5.92 Å². The lowest BCUT2D eigenvalue weighted by Crippen LogP contribution is -2.22. The van der Waals surface area contributed by atoms with Gasteiger partial charge in [-0.05, 0) is 29.6 Å². The number of alkyl halides is 1. The smallest absolute Gasteiger partial charge is 0.117 e. The standard InChI is InChI=1S/C14H19ClN2S/c1-3-10(4-2)12(15)9-16-14-11-7-5-6-8-13(11)17-18-14/h5-8,10,12,16H,3-4,9H2,1-2H3. The average Bonchev–Trinajstić information content (AvgIpc) is 2.81. The maximum Gasteiger partial charge on any atom is 0.117 e. The van der Waals surface area contributed by atoms with E-state index in [1.165, 1.54) is 16.9 Å². The normalized spacial score (nSPS) is 13.1. The Bertz CT molecular complexity index is 493. The number of nitrogens with one attached hydrogen (secondary N) is 1. The van der Waals surface area contributed by atoms with Crippen LogP contribution in [-0.2, 0) is 0 Å². The first-order valence-electron chi connectivity index (χ1n) is 6.48. The Morgan fingerprint density at radius 1 is 1.28 bits per heavy atom. The zero-order valence-corrected chi connectivity index (χ0v) is 12.4. The van der Waals surface area contributed by atoms with E-state index in [1.807, 2.05) is 18.2 Å². The number of anilines is 1. The van der Waals surface area contributed by atoms with Crippen molar-refractivity contribution in [3.8, 4) is 0 Å². The Hall–Kier alpha value is -0.800. The first-order chi connectivity index (χ1) is 8.76. The average molecular weight is 283 g/mol. The van der Waals surface area contributed by atoms with E-state index in [9.17, 15) is 0 Å². The number of fused-ring (bicyclic) bond motifs is 1. The predicted octanol–water partition coefficient (Wildman–Crippen LogP) is 4.75. The molecule has 4 heteroatoms. The second-order valence-corrected chi connectivity index (χ2v) is 5.84. The lowest BCUT2D eigenvalue weighted by molar-refractivity contribution is 0.475. The quantitative estimate of drug-likeness (QED) is 0.773. The highest BCUT2D eigenvalue weighted by Crippen LogP contribution is 2.28. The fraction of sp³-hybridized carbons (Fsp3) is 0.500. The highest BCUT2D eigenvalue weighted by Gasteiger charge is 2.16. The van der Waals surface area contributed by atoms with Gasteiger partial charge in [-0.25, -0.2) is 0 Å². The molecular weight excluding hydrogens is 264 g/mol. The summed E-state index contributed by atoms with van der Waals surface area (Å²) in [5, 5.41) is 5.94. The zero-order valence-electron chi connectivity index (χ0n) is 10.8. The van der Waals surface area contributed by atoms with Crippen LogP contribution in [0.3, 0.4) is 0 Å². The van der Waals surface area contributed by atoms with Gasteiger partial charge in [0.05, 0.1) is 10.9 Å². The summed E-state index contributed by atoms with van der Waals surface area (Å²) in [5.74, 6) is 0.582. The minimum absolute atomic E-state index is 0.181. The van der Waals surface area contributed by atoms with E-state index in [0.29, 0.717) is 5.92 Å². The van der Waals surface area contributed by atoms with E-state index in [0.717, 1.165) is 29.9 Å². The number of benzene rings is 1. The minimum atomic E-state index is 0.181. The molecule has 0 saturated carbocycles. The summed E-state index contributed by atoms with van der Waals surface area (Å²) in [6, 6.07) is 8.19. The number of halogens is 1. The van der Waals surface area contributed by atoms with Crippen LogP contribution in [0.25, 0.3) is 10.9 Å². The third kappa shape index (κ3) is 2.96. The number of hydrogen-bond acceptors (Lipinski definition) is 3. The van der Waals surface area contributed by atoms with Crippen LogP contribution < -0.4 is 5.32 Å². The molecule has 1 unspecified atom stereocenters. The molecule has 2 nitrogen and oxygen atoms in total. The van der Waals surface area contributed by atoms with Gasteiger partial charge >= 0.3 is 0 Å². The summed E-state index contributed by atoms with van der Waals surface area (Å²) >= 11 is 7.95. The summed E-state index contributed by atoms with van der Waals surface area (Å²) < 4.78 is 4.42. The third-order valence-electron chi connectivity index (χ3n) is 3.40. The zero-order chi connectivity index (χ0) is 13.0. The Kier molecular flexibility index (Phi) is 4.84. The van der Waals surface area contributed by atoms with Gasteiger partial charge in [0.1, 0.15) is 5.00 Å². The molecule has 2 rings (SSSR count). The Morgan fingerprint density at radius 3 is 2.72 bits per heavy atom. The van der Waals surface area contributed by atoms with Crippen molar-refractivity contribution in [3.05, 3.63) is 24.3 Å². The van der Waals surface area contributed by atoms with Crippen molar-refractivity contribution in [3.63, 3.8) is 0 Å². The van der Waals surface area contributed by atoms with Crippen LogP contribution in [0.4, 0.5) is 5.00 Å². The van der Waals surface area contributed by atoms with Crippen molar-refractivity contribution in [1.29, 1.82) is 0 Å². The Labute approximate surface area is 118 Å². The first kappa shape index (κ1) is 13.6. The fourth-order valence-corrected chi connectivity index (χ4v) is 3.37. The predicted molar refractivity (Wildman–Crippen MR) is 81.8 cm³/mol. The van der Waals surface area contributed by atoms with Gasteiger partial charge in [0, 0.05) is 11.9 Å². The highest BCUT2D eigenvalue weighted by atomic mass is 35.5. The lowest BCUT2D eigenvalue weighted by Gasteiger charge is -2.19. The van der Waals surface area contributed by atoms with E-state index < -0.39 is 0 Å². The maximum atomic E-state index is 6.44. The fourth-order valence-electron chi connectivity index (χ4n) is 2.17. The van der Waals surface area contributed by atoms with Gasteiger partial charge in [-0.2, -0.15) is 4.37 Å². The molecule has 1 heterocycles. The number of rotatable bonds is 6. The topological polar surface area (TPSA) is 24.9 Å². The summed E-state index contributed by atoms with van der Waals surface area (Å²) in [4.78, 5) is 0. The highest BCUT2D eigenvalue weighted by molar-refractivity contribution is 7.11. The molecule has 0 saturated heterocycles. The third-order valence-corrected chi connectivity index (χ3v) is 4.75. The first-order valence-corrected chi connectivity index (χ1v) is 7.69. The van der Waals surface area contributed by atoms with Crippen LogP contribution in [-0.4, -0.2) is 16.3 Å². The second-order valence-electron chi connectivity index (χ2n) is 4.50. The van der Waals surface area contributed by atoms with Gasteiger partial charge in [-0.1, -0.05) is 38.8 Å². The Morgan fingerprint density at radius 2 is 2.00 bits per heavy atom. The van der Waals surface area contributed by atoms with Crippen LogP contribution in [0.2, 0.25) is 0 Å². The molecule has 1 aromatic carbocycles. The summed E-state index contributed by atoms with van der Waals surface area (Å²) in [7, 11) is 0. The van der Waals surface area contributed by atoms with Crippen LogP contribution in [0.5, 0.6) is 0 Å². The molecule has 2 aromatic rings. The van der Waals surface area contributed by atoms with Crippen molar-refractivity contribution in [2.75, 3.05) is 11.9 Å². The molecule has 0 aliphatic carbocycles. The summed E-state index contributed by atoms with van der Waals surface area (Å²) in [6.07, 6.45) is 2.27. The van der Waals surface area contributed by atoms with Gasteiger partial charge in [0.25, 0.3) is 0 Å². The molecule has 18 heavy (non-hydrogen) atoms. The molecule has 0 aliphatic rings. The van der Waals surface area contributed by atoms with E-state index in [1.54, 1.807) is 0 Å². The number of nitrogens with zero attached hydrogens (tertiary/aromatic N) is 1. The largest absolute Gasteiger partial charge is 0.374 e. The van der Waals surface area contributed by atoms with Gasteiger partial charge in [0.15, 0.2) is 0 Å². The molecule has 0 fully saturated rings. The van der Waals surface area contributed by atoms with Crippen LogP contribution in [0.15, 0.2) is 24.3 Å². The molecule has 98 valence electrons. The molecule has 0 spiro atoms. The van der Waals surface area contributed by atoms with Crippen molar-refractivity contribution in [2.24, 2.45) is 5.92 Å². The molecule has 0 radical (unpaired) electrons. The maximum absolute atomic E-state index is 6.44. The van der Waals surface area contributed by atoms with E-state index >= 15 is 0 Å². The summed E-state index contributed by atoms with van der Waals surface area (Å²) in [5.41, 5.74) is 1.05. The van der Waals surface area contributed by atoms with Crippen molar-refractivity contribution < 1.29 is 0 Å². The van der Waals surface area contributed by atoms with Crippen molar-refractivity contribution in [2.45, 2.75) is 32.1 Å². The molecule has 0 bridgehead atoms. The van der Waals surface area contributed by atoms with E-state index in [4.69, 9.17) is 11.6 Å². The number of hydrogen-bond donors (Lipinski definition) is 1. The molecular formula is C14H19ClN2S. The molecule has 0 aliphatic heterocycles. The lowest BCUT2D eigenvalue weighted by atomic mass is 9.99. The van der Waals surface area contributed by atoms with Gasteiger partial charge in [-0.3, -0.25) is 0 Å². The number of aromatic nitrogens is 1. The van der Waals surface area contributed by atoms with Crippen LogP contribution >= 0.6 is 23.1 Å². The Balaban J connectivity index is 2.02. The SMILES string of the molecule is CCC(CC)C(Cl)CNc1snc2ccccc12. The monoisotopic (exact) mass is 282 g/mol. The van der Waals surface area contributed by atoms with Crippen LogP contribution in [0.1, 0.15) is 26.7 Å².